The Hall–Kier alpha value is -3.06. The van der Waals surface area contributed by atoms with Crippen LogP contribution in [0.2, 0.25) is 0 Å². The highest BCUT2D eigenvalue weighted by Crippen LogP contribution is 2.19. The van der Waals surface area contributed by atoms with Gasteiger partial charge in [-0.15, -0.1) is 0 Å². The second-order valence-corrected chi connectivity index (χ2v) is 6.56. The first-order valence-electron chi connectivity index (χ1n) is 8.01. The molecule has 0 atom stereocenters. The molecule has 132 valence electrons. The van der Waals surface area contributed by atoms with E-state index in [1.807, 2.05) is 54.6 Å². The van der Waals surface area contributed by atoms with E-state index >= 15 is 0 Å². The van der Waals surface area contributed by atoms with Crippen LogP contribution in [0, 0.1) is 6.92 Å². The Balaban J connectivity index is 1.53. The van der Waals surface area contributed by atoms with Crippen LogP contribution in [-0.2, 0) is 4.79 Å². The van der Waals surface area contributed by atoms with Crippen LogP contribution in [0.4, 0.5) is 17.1 Å². The molecule has 0 radical (unpaired) electrons. The van der Waals surface area contributed by atoms with Crippen LogP contribution in [0.3, 0.4) is 0 Å². The van der Waals surface area contributed by atoms with Crippen molar-refractivity contribution in [2.45, 2.75) is 12.1 Å². The van der Waals surface area contributed by atoms with E-state index in [1.54, 1.807) is 6.92 Å². The van der Waals surface area contributed by atoms with Gasteiger partial charge in [-0.3, -0.25) is 9.59 Å². The predicted octanol–water partition coefficient (Wildman–Crippen LogP) is 3.55. The molecule has 0 aliphatic heterocycles. The van der Waals surface area contributed by atoms with Crippen LogP contribution >= 0.6 is 11.8 Å². The van der Waals surface area contributed by atoms with Crippen LogP contribution in [0.1, 0.15) is 5.69 Å². The van der Waals surface area contributed by atoms with Crippen molar-refractivity contribution in [3.05, 3.63) is 76.7 Å². The average molecular weight is 366 g/mol. The lowest BCUT2D eigenvalue weighted by Crippen LogP contribution is -2.15. The van der Waals surface area contributed by atoms with Crippen molar-refractivity contribution in [1.29, 1.82) is 0 Å². The van der Waals surface area contributed by atoms with Crippen LogP contribution in [0.25, 0.3) is 0 Å². The highest BCUT2D eigenvalue weighted by Gasteiger charge is 2.06. The quantitative estimate of drug-likeness (QED) is 0.459. The summed E-state index contributed by atoms with van der Waals surface area (Å²) < 4.78 is 0. The van der Waals surface area contributed by atoms with E-state index in [-0.39, 0.29) is 17.2 Å². The highest BCUT2D eigenvalue weighted by molar-refractivity contribution is 7.99. The number of carbonyl (C=O) groups excluding carboxylic acids is 1. The molecule has 1 amide bonds. The summed E-state index contributed by atoms with van der Waals surface area (Å²) in [5.74, 6) is -0.000854. The summed E-state index contributed by atoms with van der Waals surface area (Å²) in [5, 5.41) is 6.55. The maximum atomic E-state index is 12.1. The standard InChI is InChI=1S/C19H18N4O2S/c1-13-11-17(24)23-19(20-13)26-12-18(25)22-16-9-7-15(8-10-16)21-14-5-3-2-4-6-14/h2-11,21H,12H2,1H3,(H,22,25)(H,20,23,24). The molecule has 0 bridgehead atoms. The molecule has 26 heavy (non-hydrogen) atoms. The Bertz CT molecular complexity index is 940. The fourth-order valence-electron chi connectivity index (χ4n) is 2.28. The molecule has 2 aromatic carbocycles. The number of H-pyrrole nitrogens is 1. The molecule has 3 aromatic rings. The summed E-state index contributed by atoms with van der Waals surface area (Å²) in [6.07, 6.45) is 0. The van der Waals surface area contributed by atoms with Gasteiger partial charge < -0.3 is 15.6 Å². The third-order valence-electron chi connectivity index (χ3n) is 3.42. The molecule has 0 saturated heterocycles. The number of amides is 1. The minimum Gasteiger partial charge on any atom is -0.356 e. The summed E-state index contributed by atoms with van der Waals surface area (Å²) in [5.41, 5.74) is 3.05. The summed E-state index contributed by atoms with van der Waals surface area (Å²) in [4.78, 5) is 30.2. The number of rotatable bonds is 6. The number of aromatic amines is 1. The van der Waals surface area contributed by atoms with Gasteiger partial charge in [-0.1, -0.05) is 30.0 Å². The Kier molecular flexibility index (Phi) is 5.70. The van der Waals surface area contributed by atoms with Gasteiger partial charge in [0.05, 0.1) is 5.75 Å². The van der Waals surface area contributed by atoms with Crippen molar-refractivity contribution >= 4 is 34.7 Å². The van der Waals surface area contributed by atoms with Crippen molar-refractivity contribution in [1.82, 2.24) is 9.97 Å². The SMILES string of the molecule is Cc1cc(=O)[nH]c(SCC(=O)Nc2ccc(Nc3ccccc3)cc2)n1. The molecule has 1 aromatic heterocycles. The summed E-state index contributed by atoms with van der Waals surface area (Å²) in [7, 11) is 0. The van der Waals surface area contributed by atoms with Crippen LogP contribution < -0.4 is 16.2 Å². The number of thioether (sulfide) groups is 1. The maximum absolute atomic E-state index is 12.1. The van der Waals surface area contributed by atoms with Gasteiger partial charge in [0.15, 0.2) is 5.16 Å². The topological polar surface area (TPSA) is 86.9 Å². The lowest BCUT2D eigenvalue weighted by atomic mass is 10.2. The lowest BCUT2D eigenvalue weighted by Gasteiger charge is -2.08. The molecule has 6 nitrogen and oxygen atoms in total. The molecule has 0 unspecified atom stereocenters. The third kappa shape index (κ3) is 5.22. The number of nitrogens with one attached hydrogen (secondary N) is 3. The van der Waals surface area contributed by atoms with Crippen molar-refractivity contribution in [2.24, 2.45) is 0 Å². The normalized spacial score (nSPS) is 10.3. The van der Waals surface area contributed by atoms with E-state index in [4.69, 9.17) is 0 Å². The minimum absolute atomic E-state index is 0.163. The van der Waals surface area contributed by atoms with Crippen LogP contribution in [-0.4, -0.2) is 21.6 Å². The smallest absolute Gasteiger partial charge is 0.251 e. The van der Waals surface area contributed by atoms with Crippen molar-refractivity contribution in [3.8, 4) is 0 Å². The molecule has 7 heteroatoms. The number of para-hydroxylation sites is 1. The zero-order valence-electron chi connectivity index (χ0n) is 14.2. The second kappa shape index (κ2) is 8.35. The van der Waals surface area contributed by atoms with Gasteiger partial charge in [-0.2, -0.15) is 0 Å². The van der Waals surface area contributed by atoms with Gasteiger partial charge in [-0.05, 0) is 43.3 Å². The first kappa shape index (κ1) is 17.8. The van der Waals surface area contributed by atoms with Crippen molar-refractivity contribution < 1.29 is 4.79 Å². The summed E-state index contributed by atoms with van der Waals surface area (Å²) in [6.45, 7) is 1.74. The number of hydrogen-bond acceptors (Lipinski definition) is 5. The number of carbonyl (C=O) groups is 1. The van der Waals surface area contributed by atoms with Crippen LogP contribution in [0.5, 0.6) is 0 Å². The number of nitrogens with zero attached hydrogens (tertiary/aromatic N) is 1. The second-order valence-electron chi connectivity index (χ2n) is 5.60. The number of aromatic nitrogens is 2. The molecule has 0 saturated carbocycles. The Labute approximate surface area is 155 Å². The zero-order valence-corrected chi connectivity index (χ0v) is 15.0. The molecule has 0 spiro atoms. The van der Waals surface area contributed by atoms with E-state index in [0.29, 0.717) is 16.5 Å². The maximum Gasteiger partial charge on any atom is 0.251 e. The van der Waals surface area contributed by atoms with Gasteiger partial charge in [0, 0.05) is 28.8 Å². The molecular formula is C19H18N4O2S. The first-order chi connectivity index (χ1) is 12.6. The van der Waals surface area contributed by atoms with Crippen molar-refractivity contribution in [3.63, 3.8) is 0 Å². The zero-order chi connectivity index (χ0) is 18.4. The monoisotopic (exact) mass is 366 g/mol. The third-order valence-corrected chi connectivity index (χ3v) is 4.29. The van der Waals surface area contributed by atoms with E-state index in [2.05, 4.69) is 20.6 Å². The molecule has 3 rings (SSSR count). The molecule has 0 aliphatic rings. The van der Waals surface area contributed by atoms with E-state index < -0.39 is 0 Å². The summed E-state index contributed by atoms with van der Waals surface area (Å²) in [6, 6.07) is 18.7. The average Bonchev–Trinajstić information content (AvgIpc) is 2.62. The molecule has 3 N–H and O–H groups in total. The Morgan fingerprint density at radius 3 is 2.38 bits per heavy atom. The molecule has 0 fully saturated rings. The molecule has 1 heterocycles. The number of anilines is 3. The van der Waals surface area contributed by atoms with Gasteiger partial charge in [0.25, 0.3) is 5.56 Å². The Morgan fingerprint density at radius 2 is 1.69 bits per heavy atom. The van der Waals surface area contributed by atoms with Gasteiger partial charge >= 0.3 is 0 Å². The van der Waals surface area contributed by atoms with Crippen LogP contribution in [0.15, 0.2) is 70.6 Å². The number of hydrogen-bond donors (Lipinski definition) is 3. The van der Waals surface area contributed by atoms with Crippen molar-refractivity contribution in [2.75, 3.05) is 16.4 Å². The lowest BCUT2D eigenvalue weighted by molar-refractivity contribution is -0.113. The predicted molar refractivity (Wildman–Crippen MR) is 105 cm³/mol. The number of benzene rings is 2. The van der Waals surface area contributed by atoms with Gasteiger partial charge in [0.1, 0.15) is 0 Å². The first-order valence-corrected chi connectivity index (χ1v) is 9.00. The minimum atomic E-state index is -0.220. The molecular weight excluding hydrogens is 348 g/mol. The summed E-state index contributed by atoms with van der Waals surface area (Å²) >= 11 is 1.19. The highest BCUT2D eigenvalue weighted by atomic mass is 32.2. The van der Waals surface area contributed by atoms with Gasteiger partial charge in [-0.25, -0.2) is 4.98 Å². The Morgan fingerprint density at radius 1 is 1.04 bits per heavy atom. The largest absolute Gasteiger partial charge is 0.356 e. The fraction of sp³-hybridized carbons (Fsp3) is 0.105. The van der Waals surface area contributed by atoms with Gasteiger partial charge in [0.2, 0.25) is 5.91 Å². The molecule has 0 aliphatic carbocycles. The van der Waals surface area contributed by atoms with E-state index in [1.165, 1.54) is 17.8 Å². The fourth-order valence-corrected chi connectivity index (χ4v) is 3.00. The number of aryl methyl sites for hydroxylation is 1. The van der Waals surface area contributed by atoms with E-state index in [0.717, 1.165) is 11.4 Å². The van der Waals surface area contributed by atoms with E-state index in [9.17, 15) is 9.59 Å².